The van der Waals surface area contributed by atoms with E-state index in [1.165, 1.54) is 14.2 Å². The fourth-order valence-electron chi connectivity index (χ4n) is 8.11. The minimum atomic E-state index is -3.17. The van der Waals surface area contributed by atoms with Crippen LogP contribution in [0.3, 0.4) is 0 Å². The second kappa shape index (κ2) is 19.7. The molecule has 0 saturated heterocycles. The molecule has 0 aliphatic carbocycles. The predicted octanol–water partition coefficient (Wildman–Crippen LogP) is 8.41. The summed E-state index contributed by atoms with van der Waals surface area (Å²) in [6.07, 6.45) is -2.98. The summed E-state index contributed by atoms with van der Waals surface area (Å²) >= 11 is 0. The van der Waals surface area contributed by atoms with E-state index in [4.69, 9.17) is 28.4 Å². The predicted molar refractivity (Wildman–Crippen MR) is 231 cm³/mol. The van der Waals surface area contributed by atoms with Gasteiger partial charge in [0.05, 0.1) is 62.5 Å². The van der Waals surface area contributed by atoms with Crippen LogP contribution in [0.2, 0.25) is 0 Å². The first kappa shape index (κ1) is 46.5. The number of methoxy groups -OCH3 is 2. The van der Waals surface area contributed by atoms with Crippen molar-refractivity contribution in [3.05, 3.63) is 130 Å². The number of benzene rings is 6. The number of amides is 2. The zero-order valence-electron chi connectivity index (χ0n) is 35.8. The van der Waals surface area contributed by atoms with Crippen molar-refractivity contribution in [1.29, 1.82) is 0 Å². The standard InChI is InChI=1S/2C24H21F2NO6/c2*1-3-32-17(28)12-13-8-10-14(11-9-13)27-22(29)18-19(23(27)30)21(33-24(25)26)16-7-5-4-6-15(16)20(18)31-2/h4-11,23-24,30H,3,12H2,1-2H3;4-11,22,24,29H,3,12H2,1-2H3. The molecule has 2 atom stereocenters. The third-order valence-electron chi connectivity index (χ3n) is 10.7. The van der Waals surface area contributed by atoms with Gasteiger partial charge in [-0.3, -0.25) is 29.0 Å². The van der Waals surface area contributed by atoms with Crippen LogP contribution in [0.15, 0.2) is 97.1 Å². The number of esters is 2. The summed E-state index contributed by atoms with van der Waals surface area (Å²) in [5.41, 5.74) is 1.65. The average Bonchev–Trinajstić information content (AvgIpc) is 3.71. The Morgan fingerprint density at radius 3 is 1.29 bits per heavy atom. The van der Waals surface area contributed by atoms with Crippen LogP contribution in [0.25, 0.3) is 21.5 Å². The summed E-state index contributed by atoms with van der Waals surface area (Å²) in [6.45, 7) is -2.38. The Morgan fingerprint density at radius 1 is 0.545 bits per heavy atom. The molecule has 14 nitrogen and oxygen atoms in total. The monoisotopic (exact) mass is 914 g/mol. The summed E-state index contributed by atoms with van der Waals surface area (Å²) in [5.74, 6) is -2.36. The number of aliphatic hydroxyl groups excluding tert-OH is 2. The highest BCUT2D eigenvalue weighted by Gasteiger charge is 2.45. The van der Waals surface area contributed by atoms with Crippen molar-refractivity contribution in [3.63, 3.8) is 0 Å². The zero-order valence-corrected chi connectivity index (χ0v) is 35.8. The molecule has 8 rings (SSSR count). The molecule has 6 aromatic carbocycles. The number of aliphatic hydroxyl groups is 2. The van der Waals surface area contributed by atoms with Gasteiger partial charge < -0.3 is 38.6 Å². The van der Waals surface area contributed by atoms with Gasteiger partial charge in [0.25, 0.3) is 11.8 Å². The Bertz CT molecular complexity index is 2740. The number of carbonyl (C=O) groups is 4. The summed E-state index contributed by atoms with van der Waals surface area (Å²) in [5, 5.41) is 23.5. The maximum atomic E-state index is 13.4. The largest absolute Gasteiger partial charge is 0.496 e. The van der Waals surface area contributed by atoms with E-state index in [1.807, 2.05) is 0 Å². The quantitative estimate of drug-likeness (QED) is 0.0791. The van der Waals surface area contributed by atoms with Gasteiger partial charge >= 0.3 is 25.2 Å². The Labute approximate surface area is 374 Å². The van der Waals surface area contributed by atoms with E-state index < -0.39 is 37.5 Å². The lowest BCUT2D eigenvalue weighted by Gasteiger charge is -2.22. The number of rotatable bonds is 14. The van der Waals surface area contributed by atoms with Crippen molar-refractivity contribution >= 4 is 56.7 Å². The van der Waals surface area contributed by atoms with E-state index in [-0.39, 0.29) is 94.0 Å². The van der Waals surface area contributed by atoms with Crippen LogP contribution in [-0.2, 0) is 31.9 Å². The number of hydrogen-bond acceptors (Lipinski definition) is 12. The smallest absolute Gasteiger partial charge is 0.387 e. The zero-order chi connectivity index (χ0) is 47.4. The summed E-state index contributed by atoms with van der Waals surface area (Å²) in [7, 11) is 2.74. The molecule has 2 aliphatic heterocycles. The minimum absolute atomic E-state index is 0.0463. The van der Waals surface area contributed by atoms with Crippen molar-refractivity contribution in [2.75, 3.05) is 37.2 Å². The van der Waals surface area contributed by atoms with Crippen LogP contribution < -0.4 is 28.7 Å². The fraction of sp³-hybridized carbons (Fsp3) is 0.250. The number of alkyl halides is 4. The van der Waals surface area contributed by atoms with E-state index in [2.05, 4.69) is 0 Å². The highest BCUT2D eigenvalue weighted by Crippen LogP contribution is 2.52. The molecule has 2 unspecified atom stereocenters. The number of ether oxygens (including phenoxy) is 6. The van der Waals surface area contributed by atoms with Gasteiger partial charge in [0.15, 0.2) is 12.5 Å². The average molecular weight is 915 g/mol. The van der Waals surface area contributed by atoms with Crippen LogP contribution in [0, 0.1) is 0 Å². The molecule has 2 aliphatic rings. The molecular formula is C48H42F4N2O12. The van der Waals surface area contributed by atoms with E-state index in [0.717, 1.165) is 9.80 Å². The number of fused-ring (bicyclic) bond motifs is 4. The molecular weight excluding hydrogens is 873 g/mol. The van der Waals surface area contributed by atoms with Gasteiger partial charge in [-0.1, -0.05) is 72.8 Å². The molecule has 0 radical (unpaired) electrons. The number of halogens is 4. The van der Waals surface area contributed by atoms with Crippen LogP contribution >= 0.6 is 0 Å². The van der Waals surface area contributed by atoms with Gasteiger partial charge in [0.2, 0.25) is 0 Å². The second-order valence-corrected chi connectivity index (χ2v) is 14.5. The van der Waals surface area contributed by atoms with Crippen molar-refractivity contribution in [3.8, 4) is 23.0 Å². The highest BCUT2D eigenvalue weighted by molar-refractivity contribution is 6.18. The second-order valence-electron chi connectivity index (χ2n) is 14.5. The van der Waals surface area contributed by atoms with Gasteiger partial charge in [-0.2, -0.15) is 17.6 Å². The van der Waals surface area contributed by atoms with E-state index in [9.17, 15) is 47.0 Å². The molecule has 2 N–H and O–H groups in total. The molecule has 0 saturated carbocycles. The molecule has 66 heavy (non-hydrogen) atoms. The topological polar surface area (TPSA) is 171 Å². The lowest BCUT2D eigenvalue weighted by atomic mass is 9.98. The van der Waals surface area contributed by atoms with E-state index in [0.29, 0.717) is 33.3 Å². The fourth-order valence-corrected chi connectivity index (χ4v) is 8.11. The number of nitrogens with zero attached hydrogens (tertiary/aromatic N) is 2. The minimum Gasteiger partial charge on any atom is -0.496 e. The molecule has 0 spiro atoms. The van der Waals surface area contributed by atoms with Gasteiger partial charge in [-0.05, 0) is 49.2 Å². The van der Waals surface area contributed by atoms with Crippen LogP contribution in [0.5, 0.6) is 23.0 Å². The third-order valence-corrected chi connectivity index (χ3v) is 10.7. The molecule has 0 bridgehead atoms. The first-order valence-electron chi connectivity index (χ1n) is 20.4. The normalized spacial score (nSPS) is 15.2. The Kier molecular flexibility index (Phi) is 13.9. The van der Waals surface area contributed by atoms with Crippen molar-refractivity contribution in [2.45, 2.75) is 52.4 Å². The number of hydrogen-bond donors (Lipinski definition) is 2. The Hall–Kier alpha value is -7.44. The lowest BCUT2D eigenvalue weighted by Crippen LogP contribution is -2.27. The highest BCUT2D eigenvalue weighted by atomic mass is 19.3. The summed E-state index contributed by atoms with van der Waals surface area (Å²) in [4.78, 5) is 52.3. The van der Waals surface area contributed by atoms with Crippen LogP contribution in [-0.4, -0.2) is 74.6 Å². The van der Waals surface area contributed by atoms with Crippen molar-refractivity contribution in [1.82, 2.24) is 0 Å². The first-order chi connectivity index (χ1) is 31.7. The third kappa shape index (κ3) is 8.84. The van der Waals surface area contributed by atoms with E-state index in [1.54, 1.807) is 111 Å². The van der Waals surface area contributed by atoms with Gasteiger partial charge in [-0.15, -0.1) is 0 Å². The molecule has 0 fully saturated rings. The van der Waals surface area contributed by atoms with Gasteiger partial charge in [0, 0.05) is 32.9 Å². The Morgan fingerprint density at radius 2 is 0.894 bits per heavy atom. The van der Waals surface area contributed by atoms with Crippen LogP contribution in [0.1, 0.15) is 69.3 Å². The maximum Gasteiger partial charge on any atom is 0.387 e. The van der Waals surface area contributed by atoms with Gasteiger partial charge in [-0.25, -0.2) is 0 Å². The SMILES string of the molecule is CCOC(=O)Cc1ccc(N2C(=O)c3c(c(OC(F)F)c4ccccc4c3OC)C2O)cc1.CCOC(=O)Cc1ccc(N2C(=O)c3c(c(OC)c4ccccc4c3OC(F)F)C2O)cc1. The molecule has 0 aromatic heterocycles. The lowest BCUT2D eigenvalue weighted by molar-refractivity contribution is -0.143. The van der Waals surface area contributed by atoms with Crippen molar-refractivity contribution < 1.29 is 75.4 Å². The molecule has 2 amide bonds. The molecule has 344 valence electrons. The molecule has 18 heteroatoms. The van der Waals surface area contributed by atoms with E-state index >= 15 is 0 Å². The van der Waals surface area contributed by atoms with Gasteiger partial charge in [0.1, 0.15) is 23.0 Å². The first-order valence-corrected chi connectivity index (χ1v) is 20.4. The van der Waals surface area contributed by atoms with Crippen LogP contribution in [0.4, 0.5) is 28.9 Å². The number of anilines is 2. The summed E-state index contributed by atoms with van der Waals surface area (Å²) < 4.78 is 83.4. The maximum absolute atomic E-state index is 13.4. The number of carbonyl (C=O) groups excluding carboxylic acids is 4. The Balaban J connectivity index is 0.000000196. The summed E-state index contributed by atoms with van der Waals surface area (Å²) in [6, 6.07) is 25.7. The molecule has 2 heterocycles. The molecule has 6 aromatic rings. The van der Waals surface area contributed by atoms with Crippen molar-refractivity contribution in [2.24, 2.45) is 0 Å².